The number of benzene rings is 5. The van der Waals surface area contributed by atoms with Crippen LogP contribution in [0, 0.1) is 0 Å². The molecule has 2 amide bonds. The van der Waals surface area contributed by atoms with Gasteiger partial charge in [0.25, 0.3) is 0 Å². The van der Waals surface area contributed by atoms with E-state index in [-0.39, 0.29) is 39.6 Å². The third-order valence-electron chi connectivity index (χ3n) is 10.6. The van der Waals surface area contributed by atoms with E-state index in [9.17, 15) is 9.59 Å². The minimum atomic E-state index is -0.432. The normalized spacial score (nSPS) is 10.9. The molecule has 0 saturated carbocycles. The summed E-state index contributed by atoms with van der Waals surface area (Å²) < 4.78 is 45.6. The fourth-order valence-corrected chi connectivity index (χ4v) is 6.97. The quantitative estimate of drug-likeness (QED) is 0.0447. The number of anilines is 2. The zero-order valence-electron chi connectivity index (χ0n) is 41.0. The Morgan fingerprint density at radius 2 is 0.721 bits per heavy atom. The molecule has 0 saturated heterocycles. The van der Waals surface area contributed by atoms with Gasteiger partial charge >= 0.3 is 12.2 Å². The summed E-state index contributed by atoms with van der Waals surface area (Å²) in [5, 5.41) is 0. The van der Waals surface area contributed by atoms with Crippen molar-refractivity contribution in [3.8, 4) is 23.0 Å². The number of rotatable bonds is 28. The largest absolute Gasteiger partial charge is 0.497 e. The van der Waals surface area contributed by atoms with E-state index in [1.54, 1.807) is 24.0 Å². The number of nitrogens with zero attached hydrogens (tertiary/aromatic N) is 5. The number of amides is 2. The van der Waals surface area contributed by atoms with Crippen molar-refractivity contribution in [1.82, 2.24) is 14.7 Å². The predicted octanol–water partition coefficient (Wildman–Crippen LogP) is 8.37. The third kappa shape index (κ3) is 18.2. The van der Waals surface area contributed by atoms with E-state index in [4.69, 9.17) is 37.9 Å². The van der Waals surface area contributed by atoms with Gasteiger partial charge in [0.1, 0.15) is 49.4 Å². The van der Waals surface area contributed by atoms with Gasteiger partial charge in [0.2, 0.25) is 0 Å². The minimum absolute atomic E-state index is 0.0910. The van der Waals surface area contributed by atoms with E-state index in [2.05, 4.69) is 4.90 Å². The van der Waals surface area contributed by atoms with Crippen LogP contribution in [-0.4, -0.2) is 136 Å². The molecular formula is C53H69N5O10. The van der Waals surface area contributed by atoms with Crippen molar-refractivity contribution in [2.75, 3.05) is 119 Å². The Labute approximate surface area is 402 Å². The lowest BCUT2D eigenvalue weighted by atomic mass is 10.1. The first kappa shape index (κ1) is 52.3. The first-order valence-electron chi connectivity index (χ1n) is 22.7. The van der Waals surface area contributed by atoms with Gasteiger partial charge in [-0.25, -0.2) is 9.59 Å². The Morgan fingerprint density at radius 1 is 0.382 bits per heavy atom. The van der Waals surface area contributed by atoms with Crippen LogP contribution in [0.2, 0.25) is 0 Å². The lowest BCUT2D eigenvalue weighted by Gasteiger charge is -2.23. The van der Waals surface area contributed by atoms with Crippen LogP contribution < -0.4 is 28.7 Å². The highest BCUT2D eigenvalue weighted by Crippen LogP contribution is 2.25. The highest BCUT2D eigenvalue weighted by Gasteiger charge is 2.19. The summed E-state index contributed by atoms with van der Waals surface area (Å²) in [4.78, 5) is 36.1. The second-order valence-corrected chi connectivity index (χ2v) is 16.7. The fraction of sp³-hybridized carbons (Fsp3) is 0.396. The van der Waals surface area contributed by atoms with E-state index < -0.39 is 12.2 Å². The van der Waals surface area contributed by atoms with Crippen LogP contribution in [0.15, 0.2) is 115 Å². The molecule has 0 spiro atoms. The second kappa shape index (κ2) is 27.8. The average Bonchev–Trinajstić information content (AvgIpc) is 3.33. The summed E-state index contributed by atoms with van der Waals surface area (Å²) in [6.07, 6.45) is -0.865. The van der Waals surface area contributed by atoms with Crippen LogP contribution in [0.5, 0.6) is 23.0 Å². The van der Waals surface area contributed by atoms with Gasteiger partial charge in [0, 0.05) is 78.4 Å². The molecule has 366 valence electrons. The second-order valence-electron chi connectivity index (χ2n) is 16.7. The Hall–Kier alpha value is -6.68. The number of ether oxygens (including phenoxy) is 8. The summed E-state index contributed by atoms with van der Waals surface area (Å²) >= 11 is 0. The molecular weight excluding hydrogens is 867 g/mol. The van der Waals surface area contributed by atoms with Crippen molar-refractivity contribution >= 4 is 23.6 Å². The van der Waals surface area contributed by atoms with Gasteiger partial charge in [0.05, 0.1) is 40.6 Å². The molecule has 5 aromatic rings. The van der Waals surface area contributed by atoms with Crippen LogP contribution in [-0.2, 0) is 51.7 Å². The topological polar surface area (TPSA) is 124 Å². The SMILES string of the molecule is COc1ccc(CN(Cc2ccc(N(C)C)cc2)C(=O)OCCOCCOc2cc(CN(C)C)cc(OCCOCCOC(=O)N(Cc3ccc(OC)cc3)Cc3ccc(N(C)C)cc3)c2)cc1. The van der Waals surface area contributed by atoms with Gasteiger partial charge in [-0.2, -0.15) is 0 Å². The van der Waals surface area contributed by atoms with Crippen molar-refractivity contribution in [2.45, 2.75) is 32.7 Å². The third-order valence-corrected chi connectivity index (χ3v) is 10.6. The van der Waals surface area contributed by atoms with Gasteiger partial charge < -0.3 is 52.6 Å². The molecule has 0 atom stereocenters. The van der Waals surface area contributed by atoms with Crippen LogP contribution in [0.4, 0.5) is 21.0 Å². The van der Waals surface area contributed by atoms with E-state index >= 15 is 0 Å². The molecule has 0 aliphatic rings. The van der Waals surface area contributed by atoms with Gasteiger partial charge in [0.15, 0.2) is 0 Å². The molecule has 15 heteroatoms. The molecule has 0 bridgehead atoms. The standard InChI is InChI=1S/C53H69N5O10/c1-54(2)36-45-33-50(65-29-25-63-27-31-67-52(59)57(39-43-13-21-48(61-7)22-14-43)37-41-9-17-46(18-10-41)55(3)4)35-51(34-45)66-30-26-64-28-32-68-53(60)58(40-44-15-23-49(62-8)24-16-44)38-42-11-19-47(20-12-42)56(5)6/h9-24,33-35H,25-32,36-40H2,1-8H3. The highest BCUT2D eigenvalue weighted by molar-refractivity contribution is 5.68. The van der Waals surface area contributed by atoms with Crippen LogP contribution >= 0.6 is 0 Å². The summed E-state index contributed by atoms with van der Waals surface area (Å²) in [6.45, 7) is 3.96. The predicted molar refractivity (Wildman–Crippen MR) is 265 cm³/mol. The molecule has 0 aliphatic carbocycles. The Bertz CT molecular complexity index is 2090. The molecule has 0 heterocycles. The number of hydrogen-bond donors (Lipinski definition) is 0. The Morgan fingerprint density at radius 3 is 1.04 bits per heavy atom. The fourth-order valence-electron chi connectivity index (χ4n) is 6.97. The minimum Gasteiger partial charge on any atom is -0.497 e. The van der Waals surface area contributed by atoms with Gasteiger partial charge in [-0.1, -0.05) is 48.5 Å². The molecule has 5 rings (SSSR count). The van der Waals surface area contributed by atoms with Gasteiger partial charge in [-0.3, -0.25) is 9.80 Å². The first-order chi connectivity index (χ1) is 32.9. The van der Waals surface area contributed by atoms with E-state index in [1.807, 2.05) is 167 Å². The highest BCUT2D eigenvalue weighted by atomic mass is 16.6. The van der Waals surface area contributed by atoms with Crippen molar-refractivity contribution in [3.05, 3.63) is 143 Å². The first-order valence-corrected chi connectivity index (χ1v) is 22.7. The molecule has 0 unspecified atom stereocenters. The Kier molecular flexibility index (Phi) is 21.4. The zero-order valence-corrected chi connectivity index (χ0v) is 41.0. The molecule has 0 radical (unpaired) electrons. The van der Waals surface area contributed by atoms with E-state index in [1.165, 1.54) is 0 Å². The molecule has 0 fully saturated rings. The number of hydrogen-bond acceptors (Lipinski definition) is 13. The van der Waals surface area contributed by atoms with E-state index in [0.29, 0.717) is 57.4 Å². The average molecular weight is 936 g/mol. The van der Waals surface area contributed by atoms with E-state index in [0.717, 1.165) is 50.7 Å². The van der Waals surface area contributed by atoms with Gasteiger partial charge in [-0.05, 0) is 103 Å². The summed E-state index contributed by atoms with van der Waals surface area (Å²) in [6, 6.07) is 37.2. The lowest BCUT2D eigenvalue weighted by molar-refractivity contribution is 0.0420. The Balaban J connectivity index is 1.03. The monoisotopic (exact) mass is 936 g/mol. The molecule has 0 N–H and O–H groups in total. The summed E-state index contributed by atoms with van der Waals surface area (Å²) in [5.41, 5.74) is 7.06. The number of carbonyl (C=O) groups is 2. The van der Waals surface area contributed by atoms with Crippen molar-refractivity contribution in [1.29, 1.82) is 0 Å². The molecule has 15 nitrogen and oxygen atoms in total. The molecule has 5 aromatic carbocycles. The van der Waals surface area contributed by atoms with Crippen molar-refractivity contribution in [3.63, 3.8) is 0 Å². The van der Waals surface area contributed by atoms with Crippen molar-refractivity contribution in [2.24, 2.45) is 0 Å². The summed E-state index contributed by atoms with van der Waals surface area (Å²) in [5.74, 6) is 2.78. The molecule has 0 aliphatic heterocycles. The molecule has 0 aromatic heterocycles. The maximum absolute atomic E-state index is 13.3. The van der Waals surface area contributed by atoms with Crippen LogP contribution in [0.1, 0.15) is 27.8 Å². The smallest absolute Gasteiger partial charge is 0.410 e. The zero-order chi connectivity index (χ0) is 48.7. The number of methoxy groups -OCH3 is 2. The van der Waals surface area contributed by atoms with Crippen molar-refractivity contribution < 1.29 is 47.5 Å². The maximum Gasteiger partial charge on any atom is 0.410 e. The molecule has 68 heavy (non-hydrogen) atoms. The van der Waals surface area contributed by atoms with Crippen LogP contribution in [0.3, 0.4) is 0 Å². The lowest BCUT2D eigenvalue weighted by Crippen LogP contribution is -2.31. The summed E-state index contributed by atoms with van der Waals surface area (Å²) in [7, 11) is 15.2. The van der Waals surface area contributed by atoms with Gasteiger partial charge in [-0.15, -0.1) is 0 Å². The maximum atomic E-state index is 13.3. The van der Waals surface area contributed by atoms with Crippen LogP contribution in [0.25, 0.3) is 0 Å². The number of carbonyl (C=O) groups excluding carboxylic acids is 2.